The maximum Gasteiger partial charge on any atom is 0.127 e. The van der Waals surface area contributed by atoms with Crippen molar-refractivity contribution in [3.63, 3.8) is 0 Å². The van der Waals surface area contributed by atoms with Gasteiger partial charge in [-0.25, -0.2) is 4.39 Å². The minimum atomic E-state index is -0.185. The molecule has 3 aromatic rings. The van der Waals surface area contributed by atoms with E-state index in [2.05, 4.69) is 25.1 Å². The Balaban J connectivity index is 1.60. The van der Waals surface area contributed by atoms with Crippen LogP contribution in [0.3, 0.4) is 0 Å². The number of benzene rings is 3. The van der Waals surface area contributed by atoms with E-state index in [-0.39, 0.29) is 14.6 Å². The van der Waals surface area contributed by atoms with E-state index < -0.39 is 0 Å². The molecule has 4 rings (SSSR count). The predicted octanol–water partition coefficient (Wildman–Crippen LogP) is 7.81. The number of hydrogen-bond acceptors (Lipinski definition) is 1. The normalized spacial score (nSPS) is 15.1. The van der Waals surface area contributed by atoms with Crippen LogP contribution in [0.25, 0.3) is 22.3 Å². The number of halogens is 1. The Bertz CT molecular complexity index is 1040. The smallest absolute Gasteiger partial charge is 0.127 e. The molecule has 1 nitrogen and oxygen atoms in total. The summed E-state index contributed by atoms with van der Waals surface area (Å²) in [5.41, 5.74) is 5.55. The zero-order chi connectivity index (χ0) is 20.9. The summed E-state index contributed by atoms with van der Waals surface area (Å²) < 4.78 is 15.2. The summed E-state index contributed by atoms with van der Waals surface area (Å²) in [6.07, 6.45) is 3.58. The average Bonchev–Trinajstić information content (AvgIpc) is 2.80. The van der Waals surface area contributed by atoms with Crippen molar-refractivity contribution in [2.24, 2.45) is 0 Å². The van der Waals surface area contributed by atoms with Crippen molar-refractivity contribution in [1.29, 1.82) is 5.26 Å². The lowest BCUT2D eigenvalue weighted by molar-refractivity contribution is 0.544. The summed E-state index contributed by atoms with van der Waals surface area (Å²) in [5, 5.41) is 9.05. The van der Waals surface area contributed by atoms with Crippen molar-refractivity contribution < 1.29 is 4.39 Å². The van der Waals surface area contributed by atoms with Gasteiger partial charge in [-0.1, -0.05) is 80.0 Å². The molecular weight excluding hydrogens is 385 g/mol. The predicted molar refractivity (Wildman–Crippen MR) is 124 cm³/mol. The van der Waals surface area contributed by atoms with Crippen molar-refractivity contribution in [2.45, 2.75) is 50.2 Å². The molecule has 0 aliphatic carbocycles. The molecule has 1 heterocycles. The fraction of sp³-hybridized carbons (Fsp3) is 0.296. The Labute approximate surface area is 180 Å². The Morgan fingerprint density at radius 3 is 2.17 bits per heavy atom. The first-order valence-electron chi connectivity index (χ1n) is 10.9. The molecule has 0 unspecified atom stereocenters. The quantitative estimate of drug-likeness (QED) is 0.392. The maximum atomic E-state index is 15.2. The van der Waals surface area contributed by atoms with Crippen LogP contribution in [0.4, 0.5) is 4.39 Å². The second kappa shape index (κ2) is 9.41. The molecule has 3 heteroatoms. The molecule has 1 aliphatic heterocycles. The fourth-order valence-corrected chi connectivity index (χ4v) is 7.65. The van der Waals surface area contributed by atoms with Crippen molar-refractivity contribution in [2.75, 3.05) is 0 Å². The molecule has 1 saturated heterocycles. The monoisotopic (exact) mass is 412 g/mol. The van der Waals surface area contributed by atoms with Crippen LogP contribution < -0.4 is 0 Å². The molecule has 1 radical (unpaired) electrons. The molecule has 1 fully saturated rings. The lowest BCUT2D eigenvalue weighted by Gasteiger charge is -2.28. The van der Waals surface area contributed by atoms with E-state index in [4.69, 9.17) is 5.26 Å². The topological polar surface area (TPSA) is 23.8 Å². The number of rotatable bonds is 5. The molecule has 0 atom stereocenters. The van der Waals surface area contributed by atoms with Crippen LogP contribution in [0.2, 0.25) is 18.1 Å². The Hall–Kier alpha value is -2.70. The van der Waals surface area contributed by atoms with E-state index in [1.165, 1.54) is 24.6 Å². The van der Waals surface area contributed by atoms with E-state index in [1.54, 1.807) is 6.07 Å². The standard InChI is InChI=1S/C27H27FNSi/c1-2-15-30-16-13-22(14-17-30)26-12-11-23(18-27(26)28)25-6-4-3-5-24(25)21-9-7-20(19-29)8-10-21/h3-12,18,22H,2,13-17H2,1H3. The van der Waals surface area contributed by atoms with Crippen LogP contribution in [-0.4, -0.2) is 8.80 Å². The van der Waals surface area contributed by atoms with Crippen molar-refractivity contribution in [3.05, 3.63) is 83.7 Å². The first-order valence-corrected chi connectivity index (χ1v) is 13.0. The summed E-state index contributed by atoms with van der Waals surface area (Å²) in [6.45, 7) is 2.28. The largest absolute Gasteiger partial charge is 0.207 e. The Morgan fingerprint density at radius 1 is 0.933 bits per heavy atom. The molecule has 1 aliphatic rings. The van der Waals surface area contributed by atoms with Gasteiger partial charge in [0.25, 0.3) is 0 Å². The Kier molecular flexibility index (Phi) is 6.45. The van der Waals surface area contributed by atoms with E-state index in [1.807, 2.05) is 48.5 Å². The highest BCUT2D eigenvalue weighted by molar-refractivity contribution is 6.59. The minimum absolute atomic E-state index is 0.0710. The molecular formula is C27H27FNSi. The van der Waals surface area contributed by atoms with Crippen molar-refractivity contribution in [3.8, 4) is 28.3 Å². The molecule has 151 valence electrons. The number of nitriles is 1. The van der Waals surface area contributed by atoms with E-state index in [9.17, 15) is 0 Å². The van der Waals surface area contributed by atoms with Gasteiger partial charge in [-0.2, -0.15) is 5.26 Å². The SMILES string of the molecule is CCC[Si]1CCC(c2ccc(-c3ccccc3-c3ccc(C#N)cc3)cc2F)CC1. The fourth-order valence-electron chi connectivity index (χ4n) is 4.68. The van der Waals surface area contributed by atoms with Crippen LogP contribution in [-0.2, 0) is 0 Å². The molecule has 30 heavy (non-hydrogen) atoms. The van der Waals surface area contributed by atoms with Crippen LogP contribution in [0.5, 0.6) is 0 Å². The zero-order valence-corrected chi connectivity index (χ0v) is 18.5. The second-order valence-electron chi connectivity index (χ2n) is 8.25. The first-order chi connectivity index (χ1) is 14.7. The van der Waals surface area contributed by atoms with Gasteiger partial charge in [-0.3, -0.25) is 0 Å². The molecule has 0 aromatic heterocycles. The van der Waals surface area contributed by atoms with Gasteiger partial charge in [-0.15, -0.1) is 0 Å². The third-order valence-electron chi connectivity index (χ3n) is 6.30. The Morgan fingerprint density at radius 2 is 1.57 bits per heavy atom. The molecule has 0 spiro atoms. The zero-order valence-electron chi connectivity index (χ0n) is 17.5. The van der Waals surface area contributed by atoms with Crippen LogP contribution >= 0.6 is 0 Å². The molecule has 3 aromatic carbocycles. The molecule has 0 saturated carbocycles. The highest BCUT2D eigenvalue weighted by atomic mass is 28.3. The second-order valence-corrected chi connectivity index (χ2v) is 11.2. The molecule has 0 amide bonds. The van der Waals surface area contributed by atoms with Gasteiger partial charge in [0.1, 0.15) is 5.82 Å². The highest BCUT2D eigenvalue weighted by Crippen LogP contribution is 2.38. The lowest BCUT2D eigenvalue weighted by Crippen LogP contribution is -2.20. The van der Waals surface area contributed by atoms with Gasteiger partial charge in [0.15, 0.2) is 0 Å². The van der Waals surface area contributed by atoms with Gasteiger partial charge in [-0.05, 0) is 64.8 Å². The van der Waals surface area contributed by atoms with Gasteiger partial charge in [0.2, 0.25) is 0 Å². The summed E-state index contributed by atoms with van der Waals surface area (Å²) in [4.78, 5) is 0. The van der Waals surface area contributed by atoms with Gasteiger partial charge in [0.05, 0.1) is 11.6 Å². The number of hydrogen-bond donors (Lipinski definition) is 0. The van der Waals surface area contributed by atoms with E-state index >= 15 is 4.39 Å². The highest BCUT2D eigenvalue weighted by Gasteiger charge is 2.25. The first kappa shape index (κ1) is 20.6. The summed E-state index contributed by atoms with van der Waals surface area (Å²) >= 11 is 0. The summed E-state index contributed by atoms with van der Waals surface area (Å²) in [7, 11) is -0.185. The lowest BCUT2D eigenvalue weighted by atomic mass is 9.89. The average molecular weight is 413 g/mol. The molecule has 0 bridgehead atoms. The minimum Gasteiger partial charge on any atom is -0.207 e. The van der Waals surface area contributed by atoms with Gasteiger partial charge < -0.3 is 0 Å². The van der Waals surface area contributed by atoms with Crippen LogP contribution in [0.15, 0.2) is 66.7 Å². The van der Waals surface area contributed by atoms with E-state index in [0.717, 1.165) is 40.7 Å². The van der Waals surface area contributed by atoms with Crippen molar-refractivity contribution >= 4 is 8.80 Å². The van der Waals surface area contributed by atoms with Gasteiger partial charge >= 0.3 is 0 Å². The third kappa shape index (κ3) is 4.39. The summed E-state index contributed by atoms with van der Waals surface area (Å²) in [6, 6.07) is 27.7. The van der Waals surface area contributed by atoms with Crippen LogP contribution in [0.1, 0.15) is 43.2 Å². The van der Waals surface area contributed by atoms with Crippen LogP contribution in [0, 0.1) is 17.1 Å². The summed E-state index contributed by atoms with van der Waals surface area (Å²) in [5.74, 6) is 0.303. The van der Waals surface area contributed by atoms with E-state index in [0.29, 0.717) is 11.5 Å². The molecule has 0 N–H and O–H groups in total. The third-order valence-corrected chi connectivity index (χ3v) is 9.50. The maximum absolute atomic E-state index is 15.2. The number of nitrogens with zero attached hydrogens (tertiary/aromatic N) is 1. The van der Waals surface area contributed by atoms with Crippen molar-refractivity contribution in [1.82, 2.24) is 0 Å². The van der Waals surface area contributed by atoms with Gasteiger partial charge in [0, 0.05) is 8.80 Å².